The molecule has 1 amide bonds. The molecule has 1 unspecified atom stereocenters. The molecule has 1 atom stereocenters. The van der Waals surface area contributed by atoms with Gasteiger partial charge in [0.2, 0.25) is 5.91 Å². The summed E-state index contributed by atoms with van der Waals surface area (Å²) in [7, 11) is 3.20. The van der Waals surface area contributed by atoms with Gasteiger partial charge in [0.05, 0.1) is 20.3 Å². The number of benzene rings is 1. The number of hydrogen-bond acceptors (Lipinski definition) is 4. The average Bonchev–Trinajstić information content (AvgIpc) is 2.51. The fourth-order valence-electron chi connectivity index (χ4n) is 2.40. The van der Waals surface area contributed by atoms with E-state index in [4.69, 9.17) is 14.7 Å². The molecule has 0 aromatic heterocycles. The van der Waals surface area contributed by atoms with Gasteiger partial charge in [0.15, 0.2) is 11.5 Å². The van der Waals surface area contributed by atoms with Gasteiger partial charge in [-0.1, -0.05) is 0 Å². The minimum Gasteiger partial charge on any atom is -0.493 e. The summed E-state index contributed by atoms with van der Waals surface area (Å²) in [6.45, 7) is 2.78. The van der Waals surface area contributed by atoms with Gasteiger partial charge < -0.3 is 14.4 Å². The van der Waals surface area contributed by atoms with Crippen LogP contribution in [0.5, 0.6) is 11.5 Å². The Morgan fingerprint density at radius 1 is 1.30 bits per heavy atom. The van der Waals surface area contributed by atoms with Crippen LogP contribution in [0, 0.1) is 17.2 Å². The van der Waals surface area contributed by atoms with Crippen LogP contribution in [0.4, 0.5) is 0 Å². The molecule has 5 heteroatoms. The summed E-state index contributed by atoms with van der Waals surface area (Å²) < 4.78 is 10.6. The third kappa shape index (κ3) is 2.55. The number of rotatable bonds is 3. The molecule has 1 aromatic carbocycles. The van der Waals surface area contributed by atoms with Crippen molar-refractivity contribution in [1.82, 2.24) is 4.90 Å². The highest BCUT2D eigenvalue weighted by atomic mass is 16.5. The van der Waals surface area contributed by atoms with Crippen molar-refractivity contribution < 1.29 is 14.3 Å². The summed E-state index contributed by atoms with van der Waals surface area (Å²) >= 11 is 0. The van der Waals surface area contributed by atoms with Crippen LogP contribution in [-0.4, -0.2) is 31.6 Å². The molecule has 20 heavy (non-hydrogen) atoms. The van der Waals surface area contributed by atoms with Crippen LogP contribution < -0.4 is 9.47 Å². The molecule has 0 fully saturated rings. The summed E-state index contributed by atoms with van der Waals surface area (Å²) in [6.07, 6.45) is 0.763. The first-order chi connectivity index (χ1) is 9.60. The molecule has 106 valence electrons. The standard InChI is InChI=1S/C15H18N2O3/c1-10(8-16)15(18)17-5-4-11-6-13(19-2)14(20-3)7-12(11)9-17/h6-7,10H,4-5,9H2,1-3H3. The highest BCUT2D eigenvalue weighted by molar-refractivity contribution is 5.81. The van der Waals surface area contributed by atoms with Crippen molar-refractivity contribution in [2.45, 2.75) is 19.9 Å². The Morgan fingerprint density at radius 3 is 2.45 bits per heavy atom. The van der Waals surface area contributed by atoms with Gasteiger partial charge >= 0.3 is 0 Å². The summed E-state index contributed by atoms with van der Waals surface area (Å²) in [6, 6.07) is 5.86. The fourth-order valence-corrected chi connectivity index (χ4v) is 2.40. The van der Waals surface area contributed by atoms with Crippen molar-refractivity contribution in [3.63, 3.8) is 0 Å². The highest BCUT2D eigenvalue weighted by Crippen LogP contribution is 2.33. The number of ether oxygens (including phenoxy) is 2. The number of hydrogen-bond donors (Lipinski definition) is 0. The van der Waals surface area contributed by atoms with Gasteiger partial charge in [-0.2, -0.15) is 5.26 Å². The predicted molar refractivity (Wildman–Crippen MR) is 73.4 cm³/mol. The van der Waals surface area contributed by atoms with Crippen LogP contribution in [0.3, 0.4) is 0 Å². The topological polar surface area (TPSA) is 62.6 Å². The third-order valence-electron chi connectivity index (χ3n) is 3.59. The van der Waals surface area contributed by atoms with Gasteiger partial charge in [-0.05, 0) is 36.6 Å². The molecule has 0 spiro atoms. The van der Waals surface area contributed by atoms with Gasteiger partial charge in [0, 0.05) is 13.1 Å². The van der Waals surface area contributed by atoms with Gasteiger partial charge in [0.25, 0.3) is 0 Å². The average molecular weight is 274 g/mol. The lowest BCUT2D eigenvalue weighted by Crippen LogP contribution is -2.38. The fraction of sp³-hybridized carbons (Fsp3) is 0.467. The van der Waals surface area contributed by atoms with E-state index in [-0.39, 0.29) is 5.91 Å². The molecule has 0 saturated heterocycles. The second kappa shape index (κ2) is 5.83. The van der Waals surface area contributed by atoms with E-state index in [1.807, 2.05) is 18.2 Å². The van der Waals surface area contributed by atoms with E-state index in [2.05, 4.69) is 0 Å². The molecule has 2 rings (SSSR count). The van der Waals surface area contributed by atoms with E-state index in [0.717, 1.165) is 17.5 Å². The van der Waals surface area contributed by atoms with E-state index in [9.17, 15) is 4.79 Å². The van der Waals surface area contributed by atoms with Crippen LogP contribution in [0.1, 0.15) is 18.1 Å². The first-order valence-electron chi connectivity index (χ1n) is 6.53. The van der Waals surface area contributed by atoms with E-state index in [1.54, 1.807) is 26.0 Å². The van der Waals surface area contributed by atoms with Crippen molar-refractivity contribution in [3.05, 3.63) is 23.3 Å². The summed E-state index contributed by atoms with van der Waals surface area (Å²) in [5.41, 5.74) is 2.21. The quantitative estimate of drug-likeness (QED) is 0.842. The summed E-state index contributed by atoms with van der Waals surface area (Å²) in [5.74, 6) is 0.648. The minimum atomic E-state index is -0.600. The monoisotopic (exact) mass is 274 g/mol. The molecule has 1 aliphatic rings. The van der Waals surface area contributed by atoms with Crippen LogP contribution in [0.2, 0.25) is 0 Å². The van der Waals surface area contributed by atoms with E-state index in [1.165, 1.54) is 0 Å². The number of nitriles is 1. The van der Waals surface area contributed by atoms with Crippen LogP contribution in [-0.2, 0) is 17.8 Å². The number of carbonyl (C=O) groups excluding carboxylic acids is 1. The smallest absolute Gasteiger partial charge is 0.239 e. The Hall–Kier alpha value is -2.22. The Kier molecular flexibility index (Phi) is 4.14. The van der Waals surface area contributed by atoms with Crippen molar-refractivity contribution >= 4 is 5.91 Å². The highest BCUT2D eigenvalue weighted by Gasteiger charge is 2.25. The third-order valence-corrected chi connectivity index (χ3v) is 3.59. The first-order valence-corrected chi connectivity index (χ1v) is 6.53. The Balaban J connectivity index is 2.26. The maximum Gasteiger partial charge on any atom is 0.239 e. The zero-order valence-electron chi connectivity index (χ0n) is 12.0. The predicted octanol–water partition coefficient (Wildman–Crippen LogP) is 1.75. The van der Waals surface area contributed by atoms with Gasteiger partial charge in [-0.15, -0.1) is 0 Å². The maximum atomic E-state index is 12.1. The van der Waals surface area contributed by atoms with Crippen LogP contribution in [0.15, 0.2) is 12.1 Å². The summed E-state index contributed by atoms with van der Waals surface area (Å²) in [4.78, 5) is 13.8. The zero-order valence-corrected chi connectivity index (χ0v) is 12.0. The van der Waals surface area contributed by atoms with Gasteiger partial charge in [0.1, 0.15) is 5.92 Å². The molecule has 0 aliphatic carbocycles. The largest absolute Gasteiger partial charge is 0.493 e. The molecule has 1 aromatic rings. The number of methoxy groups -OCH3 is 2. The molecule has 1 aliphatic heterocycles. The first kappa shape index (κ1) is 14.2. The molecule has 0 bridgehead atoms. The van der Waals surface area contributed by atoms with Crippen LogP contribution in [0.25, 0.3) is 0 Å². The lowest BCUT2D eigenvalue weighted by Gasteiger charge is -2.30. The Bertz CT molecular complexity index is 563. The Labute approximate surface area is 118 Å². The second-order valence-electron chi connectivity index (χ2n) is 4.84. The number of amides is 1. The molecular weight excluding hydrogens is 256 g/mol. The maximum absolute atomic E-state index is 12.1. The van der Waals surface area contributed by atoms with Crippen LogP contribution >= 0.6 is 0 Å². The lowest BCUT2D eigenvalue weighted by atomic mass is 9.98. The zero-order chi connectivity index (χ0) is 14.7. The van der Waals surface area contributed by atoms with Crippen molar-refractivity contribution in [2.75, 3.05) is 20.8 Å². The van der Waals surface area contributed by atoms with E-state index >= 15 is 0 Å². The minimum absolute atomic E-state index is 0.118. The summed E-state index contributed by atoms with van der Waals surface area (Å²) in [5, 5.41) is 8.85. The SMILES string of the molecule is COc1cc2c(cc1OC)CN(C(=O)C(C)C#N)CC2. The van der Waals surface area contributed by atoms with E-state index < -0.39 is 5.92 Å². The lowest BCUT2D eigenvalue weighted by molar-refractivity contribution is -0.134. The molecule has 0 N–H and O–H groups in total. The van der Waals surface area contributed by atoms with Crippen molar-refractivity contribution in [1.29, 1.82) is 5.26 Å². The molecule has 0 radical (unpaired) electrons. The normalized spacial score (nSPS) is 15.0. The van der Waals surface area contributed by atoms with Gasteiger partial charge in [-0.3, -0.25) is 4.79 Å². The van der Waals surface area contributed by atoms with Gasteiger partial charge in [-0.25, -0.2) is 0 Å². The van der Waals surface area contributed by atoms with E-state index in [0.29, 0.717) is 24.6 Å². The second-order valence-corrected chi connectivity index (χ2v) is 4.84. The van der Waals surface area contributed by atoms with Crippen molar-refractivity contribution in [2.24, 2.45) is 5.92 Å². The molecule has 5 nitrogen and oxygen atoms in total. The molecule has 0 saturated carbocycles. The number of carbonyl (C=O) groups is 1. The Morgan fingerprint density at radius 2 is 1.90 bits per heavy atom. The number of nitrogens with zero attached hydrogens (tertiary/aromatic N) is 2. The van der Waals surface area contributed by atoms with Crippen molar-refractivity contribution in [3.8, 4) is 17.6 Å². The molecule has 1 heterocycles. The number of fused-ring (bicyclic) bond motifs is 1. The molecular formula is C15H18N2O3.